The van der Waals surface area contributed by atoms with Gasteiger partial charge in [-0.25, -0.2) is 28.1 Å². The molecular weight excluding hydrogens is 338 g/mol. The molecule has 23 heavy (non-hydrogen) atoms. The smallest absolute Gasteiger partial charge is 0.237 e. The average molecular weight is 355 g/mol. The number of carbonyl (C=O) groups excluding carboxylic acids is 1. The summed E-state index contributed by atoms with van der Waals surface area (Å²) in [6.07, 6.45) is 4.86. The van der Waals surface area contributed by atoms with Crippen molar-refractivity contribution in [3.63, 3.8) is 0 Å². The summed E-state index contributed by atoms with van der Waals surface area (Å²) in [5.41, 5.74) is 0.821. The number of thiazole rings is 1. The lowest BCUT2D eigenvalue weighted by Gasteiger charge is -2.12. The highest BCUT2D eigenvalue weighted by atomic mass is 32.2. The average Bonchev–Trinajstić information content (AvgIpc) is 2.95. The van der Waals surface area contributed by atoms with Crippen molar-refractivity contribution in [2.75, 3.05) is 12.8 Å². The van der Waals surface area contributed by atoms with E-state index >= 15 is 0 Å². The van der Waals surface area contributed by atoms with Gasteiger partial charge in [0.2, 0.25) is 15.9 Å². The zero-order valence-electron chi connectivity index (χ0n) is 12.7. The number of hydrogen-bond acceptors (Lipinski definition) is 7. The Morgan fingerprint density at radius 2 is 2.04 bits per heavy atom. The molecule has 10 heteroatoms. The van der Waals surface area contributed by atoms with Crippen LogP contribution in [-0.2, 0) is 21.2 Å². The molecule has 0 spiro atoms. The van der Waals surface area contributed by atoms with E-state index in [4.69, 9.17) is 0 Å². The lowest BCUT2D eigenvalue weighted by molar-refractivity contribution is -0.122. The molecule has 0 unspecified atom stereocenters. The molecule has 2 heterocycles. The molecular formula is C13H17N5O3S2. The van der Waals surface area contributed by atoms with E-state index in [1.54, 1.807) is 18.5 Å². The number of rotatable bonds is 7. The predicted molar refractivity (Wildman–Crippen MR) is 87.3 cm³/mol. The summed E-state index contributed by atoms with van der Waals surface area (Å²) in [6.45, 7) is 1.86. The van der Waals surface area contributed by atoms with Gasteiger partial charge in [-0.15, -0.1) is 11.3 Å². The maximum absolute atomic E-state index is 11.8. The molecule has 2 aromatic rings. The second-order valence-corrected chi connectivity index (χ2v) is 7.51. The van der Waals surface area contributed by atoms with Crippen LogP contribution in [0.2, 0.25) is 0 Å². The fraction of sp³-hybridized carbons (Fsp3) is 0.385. The largest absolute Gasteiger partial charge is 0.354 e. The SMILES string of the molecule is C[C@H](NS(C)(=O)=O)C(=O)NCCc1csc(-c2ncccn2)n1. The van der Waals surface area contributed by atoms with E-state index in [-0.39, 0.29) is 5.91 Å². The van der Waals surface area contributed by atoms with Crippen LogP contribution in [-0.4, -0.2) is 48.1 Å². The monoisotopic (exact) mass is 355 g/mol. The summed E-state index contributed by atoms with van der Waals surface area (Å²) in [5, 5.41) is 5.28. The summed E-state index contributed by atoms with van der Waals surface area (Å²) in [5.74, 6) is 0.191. The first-order valence-electron chi connectivity index (χ1n) is 6.82. The van der Waals surface area contributed by atoms with E-state index in [9.17, 15) is 13.2 Å². The fourth-order valence-corrected chi connectivity index (χ4v) is 3.32. The van der Waals surface area contributed by atoms with Crippen molar-refractivity contribution >= 4 is 27.3 Å². The predicted octanol–water partition coefficient (Wildman–Crippen LogP) is 0.197. The molecule has 0 aliphatic heterocycles. The van der Waals surface area contributed by atoms with Crippen LogP contribution in [0.3, 0.4) is 0 Å². The number of amides is 1. The quantitative estimate of drug-likeness (QED) is 0.733. The van der Waals surface area contributed by atoms with Gasteiger partial charge in [-0.3, -0.25) is 4.79 Å². The van der Waals surface area contributed by atoms with Crippen molar-refractivity contribution in [3.8, 4) is 10.8 Å². The Bertz CT molecular complexity index is 761. The topological polar surface area (TPSA) is 114 Å². The maximum Gasteiger partial charge on any atom is 0.237 e. The van der Waals surface area contributed by atoms with Gasteiger partial charge in [0.25, 0.3) is 0 Å². The Hall–Kier alpha value is -1.91. The van der Waals surface area contributed by atoms with Gasteiger partial charge in [0.15, 0.2) is 10.8 Å². The molecule has 2 rings (SSSR count). The highest BCUT2D eigenvalue weighted by molar-refractivity contribution is 7.88. The first-order valence-corrected chi connectivity index (χ1v) is 9.59. The zero-order valence-corrected chi connectivity index (χ0v) is 14.3. The number of nitrogens with one attached hydrogen (secondary N) is 2. The summed E-state index contributed by atoms with van der Waals surface area (Å²) >= 11 is 1.44. The normalized spacial score (nSPS) is 12.8. The van der Waals surface area contributed by atoms with Crippen LogP contribution < -0.4 is 10.0 Å². The molecule has 1 amide bonds. The van der Waals surface area contributed by atoms with E-state index in [1.807, 2.05) is 5.38 Å². The standard InChI is InChI=1S/C13H17N5O3S2/c1-9(18-23(2,20)21)12(19)16-7-4-10-8-22-13(17-10)11-14-5-3-6-15-11/h3,5-6,8-9,18H,4,7H2,1-2H3,(H,16,19)/t9-/m0/s1. The van der Waals surface area contributed by atoms with Crippen LogP contribution in [0.5, 0.6) is 0 Å². The minimum Gasteiger partial charge on any atom is -0.354 e. The van der Waals surface area contributed by atoms with E-state index < -0.39 is 16.1 Å². The van der Waals surface area contributed by atoms with E-state index in [0.717, 1.165) is 17.0 Å². The van der Waals surface area contributed by atoms with Gasteiger partial charge < -0.3 is 5.32 Å². The summed E-state index contributed by atoms with van der Waals surface area (Å²) in [6, 6.07) is 0.924. The van der Waals surface area contributed by atoms with E-state index in [2.05, 4.69) is 25.0 Å². The lowest BCUT2D eigenvalue weighted by atomic mass is 10.3. The molecule has 0 saturated carbocycles. The minimum absolute atomic E-state index is 0.368. The number of sulfonamides is 1. The Morgan fingerprint density at radius 3 is 2.70 bits per heavy atom. The van der Waals surface area contributed by atoms with Crippen molar-refractivity contribution in [3.05, 3.63) is 29.5 Å². The van der Waals surface area contributed by atoms with Gasteiger partial charge in [-0.2, -0.15) is 0 Å². The zero-order chi connectivity index (χ0) is 16.9. The van der Waals surface area contributed by atoms with Gasteiger partial charge in [-0.1, -0.05) is 0 Å². The Kier molecular flexibility index (Phi) is 5.74. The molecule has 2 N–H and O–H groups in total. The fourth-order valence-electron chi connectivity index (χ4n) is 1.78. The molecule has 0 aliphatic rings. The van der Waals surface area contributed by atoms with Gasteiger partial charge in [0, 0.05) is 30.7 Å². The van der Waals surface area contributed by atoms with E-state index in [0.29, 0.717) is 18.8 Å². The van der Waals surface area contributed by atoms with Crippen molar-refractivity contribution in [1.82, 2.24) is 25.0 Å². The third kappa shape index (κ3) is 5.66. The second-order valence-electron chi connectivity index (χ2n) is 4.87. The highest BCUT2D eigenvalue weighted by Crippen LogP contribution is 2.19. The minimum atomic E-state index is -3.41. The molecule has 0 saturated heterocycles. The molecule has 0 bridgehead atoms. The molecule has 2 aromatic heterocycles. The second kappa shape index (κ2) is 7.57. The summed E-state index contributed by atoms with van der Waals surface area (Å²) in [7, 11) is -3.41. The molecule has 0 aromatic carbocycles. The molecule has 0 radical (unpaired) electrons. The lowest BCUT2D eigenvalue weighted by Crippen LogP contribution is -2.44. The van der Waals surface area contributed by atoms with Gasteiger partial charge in [0.1, 0.15) is 0 Å². The van der Waals surface area contributed by atoms with Crippen molar-refractivity contribution in [1.29, 1.82) is 0 Å². The number of nitrogens with zero attached hydrogens (tertiary/aromatic N) is 3. The van der Waals surface area contributed by atoms with Crippen LogP contribution in [0.1, 0.15) is 12.6 Å². The molecule has 124 valence electrons. The van der Waals surface area contributed by atoms with Crippen LogP contribution in [0.4, 0.5) is 0 Å². The van der Waals surface area contributed by atoms with Crippen LogP contribution in [0.25, 0.3) is 10.8 Å². The molecule has 1 atom stereocenters. The third-order valence-corrected chi connectivity index (χ3v) is 4.44. The highest BCUT2D eigenvalue weighted by Gasteiger charge is 2.16. The Labute approximate surface area is 138 Å². The van der Waals surface area contributed by atoms with Crippen LogP contribution >= 0.6 is 11.3 Å². The number of carbonyl (C=O) groups is 1. The number of hydrogen-bond donors (Lipinski definition) is 2. The summed E-state index contributed by atoms with van der Waals surface area (Å²) < 4.78 is 24.4. The molecule has 0 aliphatic carbocycles. The first kappa shape index (κ1) is 17.4. The number of aromatic nitrogens is 3. The van der Waals surface area contributed by atoms with Gasteiger partial charge in [-0.05, 0) is 13.0 Å². The van der Waals surface area contributed by atoms with Crippen molar-refractivity contribution in [2.45, 2.75) is 19.4 Å². The molecule has 0 fully saturated rings. The van der Waals surface area contributed by atoms with Crippen LogP contribution in [0, 0.1) is 0 Å². The Morgan fingerprint density at radius 1 is 1.35 bits per heavy atom. The first-order chi connectivity index (χ1) is 10.8. The van der Waals surface area contributed by atoms with Crippen molar-refractivity contribution in [2.24, 2.45) is 0 Å². The Balaban J connectivity index is 1.83. The molecule has 8 nitrogen and oxygen atoms in total. The maximum atomic E-state index is 11.8. The van der Waals surface area contributed by atoms with Gasteiger partial charge >= 0.3 is 0 Å². The van der Waals surface area contributed by atoms with Gasteiger partial charge in [0.05, 0.1) is 18.0 Å². The third-order valence-electron chi connectivity index (χ3n) is 2.77. The summed E-state index contributed by atoms with van der Waals surface area (Å²) in [4.78, 5) is 24.4. The van der Waals surface area contributed by atoms with E-state index in [1.165, 1.54) is 18.3 Å². The van der Waals surface area contributed by atoms with Crippen LogP contribution in [0.15, 0.2) is 23.8 Å². The van der Waals surface area contributed by atoms with Crippen molar-refractivity contribution < 1.29 is 13.2 Å².